The molecule has 7 nitrogen and oxygen atoms in total. The number of nitro benzene ring substituents is 1. The third-order valence-electron chi connectivity index (χ3n) is 3.27. The Labute approximate surface area is 143 Å². The van der Waals surface area contributed by atoms with Gasteiger partial charge < -0.3 is 15.4 Å². The minimum absolute atomic E-state index is 0.114. The second-order valence-electron chi connectivity index (χ2n) is 5.00. The minimum Gasteiger partial charge on any atom is -0.494 e. The second-order valence-corrected chi connectivity index (χ2v) is 5.44. The Morgan fingerprint density at radius 3 is 2.50 bits per heavy atom. The van der Waals surface area contributed by atoms with Gasteiger partial charge in [-0.25, -0.2) is 0 Å². The summed E-state index contributed by atoms with van der Waals surface area (Å²) in [6.45, 7) is 1.70. The van der Waals surface area contributed by atoms with Crippen LogP contribution in [-0.2, 0) is 4.79 Å². The van der Waals surface area contributed by atoms with Crippen molar-refractivity contribution in [3.8, 4) is 5.75 Å². The number of carbonyl (C=O) groups is 1. The number of ether oxygens (including phenoxy) is 1. The molecule has 0 radical (unpaired) electrons. The van der Waals surface area contributed by atoms with Crippen molar-refractivity contribution in [3.63, 3.8) is 0 Å². The Kier molecular flexibility index (Phi) is 5.59. The Morgan fingerprint density at radius 2 is 1.92 bits per heavy atom. The first-order chi connectivity index (χ1) is 11.4. The zero-order valence-corrected chi connectivity index (χ0v) is 13.8. The summed E-state index contributed by atoms with van der Waals surface area (Å²) in [7, 11) is 1.38. The summed E-state index contributed by atoms with van der Waals surface area (Å²) < 4.78 is 5.09. The van der Waals surface area contributed by atoms with Gasteiger partial charge in [-0.2, -0.15) is 0 Å². The molecule has 8 heteroatoms. The number of amides is 1. The fraction of sp³-hybridized carbons (Fsp3) is 0.188. The first-order valence-corrected chi connectivity index (χ1v) is 7.44. The fourth-order valence-electron chi connectivity index (χ4n) is 2.00. The summed E-state index contributed by atoms with van der Waals surface area (Å²) in [6.07, 6.45) is 0. The molecule has 2 N–H and O–H groups in total. The van der Waals surface area contributed by atoms with Gasteiger partial charge in [0.2, 0.25) is 5.91 Å². The van der Waals surface area contributed by atoms with Crippen LogP contribution >= 0.6 is 11.6 Å². The normalized spacial score (nSPS) is 11.5. The maximum absolute atomic E-state index is 12.3. The molecular weight excluding hydrogens is 334 g/mol. The van der Waals surface area contributed by atoms with Gasteiger partial charge in [0.05, 0.1) is 23.8 Å². The molecule has 0 fully saturated rings. The van der Waals surface area contributed by atoms with Crippen molar-refractivity contribution in [1.29, 1.82) is 0 Å². The molecular formula is C16H16ClN3O4. The number of methoxy groups -OCH3 is 1. The number of nitrogens with one attached hydrogen (secondary N) is 2. The fourth-order valence-corrected chi connectivity index (χ4v) is 2.13. The number of benzene rings is 2. The molecule has 0 aliphatic rings. The van der Waals surface area contributed by atoms with Crippen LogP contribution in [0.5, 0.6) is 5.75 Å². The predicted molar refractivity (Wildman–Crippen MR) is 92.8 cm³/mol. The summed E-state index contributed by atoms with van der Waals surface area (Å²) >= 11 is 5.82. The quantitative estimate of drug-likeness (QED) is 0.612. The molecule has 0 heterocycles. The number of nitrogens with zero attached hydrogens (tertiary/aromatic N) is 1. The van der Waals surface area contributed by atoms with E-state index < -0.39 is 11.0 Å². The van der Waals surface area contributed by atoms with Crippen molar-refractivity contribution in [3.05, 3.63) is 57.6 Å². The Hall–Kier alpha value is -2.80. The van der Waals surface area contributed by atoms with Crippen LogP contribution in [0.3, 0.4) is 0 Å². The summed E-state index contributed by atoms with van der Waals surface area (Å²) in [4.78, 5) is 22.5. The van der Waals surface area contributed by atoms with E-state index in [9.17, 15) is 14.9 Å². The standard InChI is InChI=1S/C16H16ClN3O4/c1-10(18-12-5-3-11(17)4-6-12)16(21)19-14-8-7-13(20(22)23)9-15(14)24-2/h3-10,18H,1-2H3,(H,19,21)/t10-/m0/s1. The average Bonchev–Trinajstić information content (AvgIpc) is 2.56. The maximum Gasteiger partial charge on any atom is 0.273 e. The number of carbonyl (C=O) groups excluding carboxylic acids is 1. The highest BCUT2D eigenvalue weighted by Gasteiger charge is 2.17. The molecule has 24 heavy (non-hydrogen) atoms. The molecule has 126 valence electrons. The van der Waals surface area contributed by atoms with Crippen LogP contribution in [0.15, 0.2) is 42.5 Å². The lowest BCUT2D eigenvalue weighted by atomic mass is 10.2. The van der Waals surface area contributed by atoms with E-state index in [1.807, 2.05) is 0 Å². The highest BCUT2D eigenvalue weighted by atomic mass is 35.5. The highest BCUT2D eigenvalue weighted by molar-refractivity contribution is 6.30. The van der Waals surface area contributed by atoms with E-state index in [1.165, 1.54) is 25.3 Å². The lowest BCUT2D eigenvalue weighted by Gasteiger charge is -2.16. The van der Waals surface area contributed by atoms with E-state index in [4.69, 9.17) is 16.3 Å². The van der Waals surface area contributed by atoms with Gasteiger partial charge >= 0.3 is 0 Å². The molecule has 0 saturated heterocycles. The Bertz CT molecular complexity index is 749. The third-order valence-corrected chi connectivity index (χ3v) is 3.53. The molecule has 2 aromatic rings. The average molecular weight is 350 g/mol. The monoisotopic (exact) mass is 349 g/mol. The zero-order chi connectivity index (χ0) is 17.7. The number of hydrogen-bond acceptors (Lipinski definition) is 5. The van der Waals surface area contributed by atoms with Crippen molar-refractivity contribution in [2.45, 2.75) is 13.0 Å². The molecule has 1 amide bonds. The molecule has 0 aliphatic heterocycles. The molecule has 0 saturated carbocycles. The van der Waals surface area contributed by atoms with Crippen molar-refractivity contribution in [1.82, 2.24) is 0 Å². The molecule has 0 aliphatic carbocycles. The number of nitro groups is 1. The first kappa shape index (κ1) is 17.6. The van der Waals surface area contributed by atoms with Crippen molar-refractivity contribution < 1.29 is 14.5 Å². The lowest BCUT2D eigenvalue weighted by molar-refractivity contribution is -0.384. The summed E-state index contributed by atoms with van der Waals surface area (Å²) in [5.74, 6) is -0.0895. The van der Waals surface area contributed by atoms with Crippen molar-refractivity contribution >= 4 is 34.6 Å². The second kappa shape index (κ2) is 7.65. The first-order valence-electron chi connectivity index (χ1n) is 7.06. The number of rotatable bonds is 6. The smallest absolute Gasteiger partial charge is 0.273 e. The summed E-state index contributed by atoms with van der Waals surface area (Å²) in [5, 5.41) is 17.1. The largest absolute Gasteiger partial charge is 0.494 e. The molecule has 0 bridgehead atoms. The van der Waals surface area contributed by atoms with E-state index in [2.05, 4.69) is 10.6 Å². The Morgan fingerprint density at radius 1 is 1.25 bits per heavy atom. The molecule has 0 aromatic heterocycles. The topological polar surface area (TPSA) is 93.5 Å². The van der Waals surface area contributed by atoms with Crippen LogP contribution in [0, 0.1) is 10.1 Å². The molecule has 1 atom stereocenters. The van der Waals surface area contributed by atoms with Gasteiger partial charge in [0.15, 0.2) is 0 Å². The number of halogens is 1. The number of non-ortho nitro benzene ring substituents is 1. The highest BCUT2D eigenvalue weighted by Crippen LogP contribution is 2.29. The van der Waals surface area contributed by atoms with Crippen LogP contribution in [0.2, 0.25) is 5.02 Å². The van der Waals surface area contributed by atoms with Gasteiger partial charge in [0.25, 0.3) is 5.69 Å². The maximum atomic E-state index is 12.3. The van der Waals surface area contributed by atoms with Crippen LogP contribution in [0.25, 0.3) is 0 Å². The van der Waals surface area contributed by atoms with E-state index in [0.717, 1.165) is 5.69 Å². The zero-order valence-electron chi connectivity index (χ0n) is 13.1. The van der Waals surface area contributed by atoms with E-state index >= 15 is 0 Å². The minimum atomic E-state index is -0.536. The summed E-state index contributed by atoms with van der Waals surface area (Å²) in [6, 6.07) is 10.4. The van der Waals surface area contributed by atoms with E-state index in [0.29, 0.717) is 10.7 Å². The van der Waals surface area contributed by atoms with Gasteiger partial charge in [0.1, 0.15) is 11.8 Å². The predicted octanol–water partition coefficient (Wildman–Crippen LogP) is 3.70. The number of anilines is 2. The van der Waals surface area contributed by atoms with E-state index in [-0.39, 0.29) is 17.3 Å². The van der Waals surface area contributed by atoms with Gasteiger partial charge in [-0.3, -0.25) is 14.9 Å². The van der Waals surface area contributed by atoms with Crippen molar-refractivity contribution in [2.24, 2.45) is 0 Å². The van der Waals surface area contributed by atoms with Gasteiger partial charge in [0, 0.05) is 16.8 Å². The van der Waals surface area contributed by atoms with Crippen LogP contribution in [0.4, 0.5) is 17.1 Å². The third kappa shape index (κ3) is 4.36. The molecule has 2 rings (SSSR count). The van der Waals surface area contributed by atoms with Crippen LogP contribution in [-0.4, -0.2) is 24.0 Å². The van der Waals surface area contributed by atoms with Crippen LogP contribution < -0.4 is 15.4 Å². The molecule has 0 spiro atoms. The van der Waals surface area contributed by atoms with Crippen LogP contribution in [0.1, 0.15) is 6.92 Å². The molecule has 0 unspecified atom stereocenters. The number of hydrogen-bond donors (Lipinski definition) is 2. The van der Waals surface area contributed by atoms with Crippen molar-refractivity contribution in [2.75, 3.05) is 17.7 Å². The van der Waals surface area contributed by atoms with Gasteiger partial charge in [-0.1, -0.05) is 11.6 Å². The van der Waals surface area contributed by atoms with Gasteiger partial charge in [-0.05, 0) is 37.3 Å². The summed E-state index contributed by atoms with van der Waals surface area (Å²) in [5.41, 5.74) is 0.993. The molecule has 2 aromatic carbocycles. The van der Waals surface area contributed by atoms with Gasteiger partial charge in [-0.15, -0.1) is 0 Å². The van der Waals surface area contributed by atoms with E-state index in [1.54, 1.807) is 31.2 Å². The Balaban J connectivity index is 2.08. The lowest BCUT2D eigenvalue weighted by Crippen LogP contribution is -2.31. The SMILES string of the molecule is COc1cc([N+](=O)[O-])ccc1NC(=O)[C@H](C)Nc1ccc(Cl)cc1.